The fourth-order valence-corrected chi connectivity index (χ4v) is 2.13. The van der Waals surface area contributed by atoms with E-state index in [4.69, 9.17) is 9.47 Å². The highest BCUT2D eigenvalue weighted by atomic mass is 16.5. The maximum Gasteiger partial charge on any atom is 0.166 e. The van der Waals surface area contributed by atoms with Crippen molar-refractivity contribution in [2.45, 2.75) is 26.5 Å². The Morgan fingerprint density at radius 2 is 2.19 bits per heavy atom. The van der Waals surface area contributed by atoms with Gasteiger partial charge in [-0.2, -0.15) is 5.10 Å². The second-order valence-corrected chi connectivity index (χ2v) is 4.94. The van der Waals surface area contributed by atoms with E-state index in [1.165, 1.54) is 0 Å². The minimum atomic E-state index is 0.481. The second-order valence-electron chi connectivity index (χ2n) is 4.94. The number of rotatable bonds is 8. The van der Waals surface area contributed by atoms with Crippen LogP contribution in [0.2, 0.25) is 0 Å². The largest absolute Gasteiger partial charge is 0.493 e. The smallest absolute Gasteiger partial charge is 0.166 e. The average molecular weight is 289 g/mol. The summed E-state index contributed by atoms with van der Waals surface area (Å²) in [5, 5.41) is 7.54. The van der Waals surface area contributed by atoms with Gasteiger partial charge in [-0.3, -0.25) is 4.68 Å². The lowest BCUT2D eigenvalue weighted by Gasteiger charge is -2.15. The van der Waals surface area contributed by atoms with Gasteiger partial charge in [0.15, 0.2) is 11.5 Å². The fraction of sp³-hybridized carbons (Fsp3) is 0.438. The van der Waals surface area contributed by atoms with Crippen LogP contribution in [0.1, 0.15) is 24.5 Å². The summed E-state index contributed by atoms with van der Waals surface area (Å²) >= 11 is 0. The topological polar surface area (TPSA) is 48.3 Å². The Morgan fingerprint density at radius 3 is 2.86 bits per heavy atom. The number of nitrogens with one attached hydrogen (secondary N) is 1. The van der Waals surface area contributed by atoms with E-state index in [9.17, 15) is 0 Å². The van der Waals surface area contributed by atoms with Crippen LogP contribution in [0, 0.1) is 0 Å². The number of ether oxygens (including phenoxy) is 2. The predicted molar refractivity (Wildman–Crippen MR) is 82.5 cm³/mol. The van der Waals surface area contributed by atoms with Crippen LogP contribution in [0.25, 0.3) is 0 Å². The molecule has 2 aromatic rings. The molecule has 5 heteroatoms. The standard InChI is InChI=1S/C16H23N3O2/c1-4-8-17-10-14-6-5-7-15(20-3)16(14)21-12-13-9-18-19(2)11-13/h5-7,9,11,17H,4,8,10,12H2,1-3H3. The van der Waals surface area contributed by atoms with Crippen molar-refractivity contribution in [3.8, 4) is 11.5 Å². The van der Waals surface area contributed by atoms with Gasteiger partial charge in [0.05, 0.1) is 13.3 Å². The first-order valence-corrected chi connectivity index (χ1v) is 7.21. The summed E-state index contributed by atoms with van der Waals surface area (Å²) < 4.78 is 13.2. The lowest BCUT2D eigenvalue weighted by molar-refractivity contribution is 0.280. The van der Waals surface area contributed by atoms with Gasteiger partial charge in [0.25, 0.3) is 0 Å². The third-order valence-electron chi connectivity index (χ3n) is 3.16. The van der Waals surface area contributed by atoms with Gasteiger partial charge in [-0.15, -0.1) is 0 Å². The molecule has 0 aliphatic carbocycles. The third-order valence-corrected chi connectivity index (χ3v) is 3.16. The number of methoxy groups -OCH3 is 1. The number of aryl methyl sites for hydroxylation is 1. The van der Waals surface area contributed by atoms with Crippen molar-refractivity contribution in [3.05, 3.63) is 41.7 Å². The molecule has 5 nitrogen and oxygen atoms in total. The number of benzene rings is 1. The zero-order valence-corrected chi connectivity index (χ0v) is 12.9. The number of nitrogens with zero attached hydrogens (tertiary/aromatic N) is 2. The number of hydrogen-bond acceptors (Lipinski definition) is 4. The quantitative estimate of drug-likeness (QED) is 0.759. The van der Waals surface area contributed by atoms with E-state index in [2.05, 4.69) is 23.4 Å². The van der Waals surface area contributed by atoms with E-state index in [1.54, 1.807) is 11.8 Å². The third kappa shape index (κ3) is 4.23. The first-order chi connectivity index (χ1) is 10.2. The van der Waals surface area contributed by atoms with Gasteiger partial charge in [-0.1, -0.05) is 19.1 Å². The lowest BCUT2D eigenvalue weighted by Crippen LogP contribution is -2.15. The van der Waals surface area contributed by atoms with Gasteiger partial charge in [-0.25, -0.2) is 0 Å². The summed E-state index contributed by atoms with van der Waals surface area (Å²) in [7, 11) is 3.56. The molecule has 1 aromatic carbocycles. The van der Waals surface area contributed by atoms with Crippen molar-refractivity contribution >= 4 is 0 Å². The second kappa shape index (κ2) is 7.69. The van der Waals surface area contributed by atoms with Crippen molar-refractivity contribution < 1.29 is 9.47 Å². The Kier molecular flexibility index (Phi) is 5.63. The molecule has 0 amide bonds. The Morgan fingerprint density at radius 1 is 1.33 bits per heavy atom. The van der Waals surface area contributed by atoms with Crippen LogP contribution in [0.15, 0.2) is 30.6 Å². The molecular weight excluding hydrogens is 266 g/mol. The van der Waals surface area contributed by atoms with Crippen molar-refractivity contribution in [1.29, 1.82) is 0 Å². The molecule has 0 spiro atoms. The van der Waals surface area contributed by atoms with Crippen LogP contribution in [0.4, 0.5) is 0 Å². The van der Waals surface area contributed by atoms with E-state index in [1.807, 2.05) is 31.6 Å². The molecule has 0 fully saturated rings. The Bertz CT molecular complexity index is 566. The minimum absolute atomic E-state index is 0.481. The van der Waals surface area contributed by atoms with Crippen molar-refractivity contribution in [2.24, 2.45) is 7.05 Å². The normalized spacial score (nSPS) is 10.6. The maximum absolute atomic E-state index is 5.97. The molecule has 0 saturated carbocycles. The van der Waals surface area contributed by atoms with Crippen LogP contribution in [-0.2, 0) is 20.2 Å². The monoisotopic (exact) mass is 289 g/mol. The molecule has 0 aliphatic rings. The molecule has 0 aliphatic heterocycles. The molecule has 114 valence electrons. The average Bonchev–Trinajstić information content (AvgIpc) is 2.91. The molecule has 1 heterocycles. The highest BCUT2D eigenvalue weighted by molar-refractivity contribution is 5.46. The zero-order chi connectivity index (χ0) is 15.1. The summed E-state index contributed by atoms with van der Waals surface area (Å²) in [5.41, 5.74) is 2.14. The van der Waals surface area contributed by atoms with Crippen molar-refractivity contribution in [2.75, 3.05) is 13.7 Å². The van der Waals surface area contributed by atoms with Gasteiger partial charge >= 0.3 is 0 Å². The highest BCUT2D eigenvalue weighted by Gasteiger charge is 2.11. The SMILES string of the molecule is CCCNCc1cccc(OC)c1OCc1cnn(C)c1. The molecule has 0 radical (unpaired) electrons. The van der Waals surface area contributed by atoms with E-state index < -0.39 is 0 Å². The lowest BCUT2D eigenvalue weighted by atomic mass is 10.2. The van der Waals surface area contributed by atoms with Gasteiger partial charge < -0.3 is 14.8 Å². The highest BCUT2D eigenvalue weighted by Crippen LogP contribution is 2.31. The minimum Gasteiger partial charge on any atom is -0.493 e. The first kappa shape index (κ1) is 15.4. The van der Waals surface area contributed by atoms with Gasteiger partial charge in [-0.05, 0) is 19.0 Å². The molecule has 0 unspecified atom stereocenters. The number of para-hydroxylation sites is 1. The Hall–Kier alpha value is -2.01. The van der Waals surface area contributed by atoms with E-state index >= 15 is 0 Å². The molecule has 1 aromatic heterocycles. The zero-order valence-electron chi connectivity index (χ0n) is 12.9. The Labute approximate surface area is 125 Å². The van der Waals surface area contributed by atoms with Crippen molar-refractivity contribution in [1.82, 2.24) is 15.1 Å². The van der Waals surface area contributed by atoms with Crippen LogP contribution in [0.3, 0.4) is 0 Å². The number of hydrogen-bond donors (Lipinski definition) is 1. The van der Waals surface area contributed by atoms with Gasteiger partial charge in [0.1, 0.15) is 6.61 Å². The van der Waals surface area contributed by atoms with Crippen LogP contribution in [-0.4, -0.2) is 23.4 Å². The van der Waals surface area contributed by atoms with E-state index in [0.29, 0.717) is 6.61 Å². The predicted octanol–water partition coefficient (Wildman–Crippen LogP) is 2.51. The fourth-order valence-electron chi connectivity index (χ4n) is 2.13. The molecule has 0 bridgehead atoms. The summed E-state index contributed by atoms with van der Waals surface area (Å²) in [6, 6.07) is 5.96. The van der Waals surface area contributed by atoms with Crippen LogP contribution >= 0.6 is 0 Å². The molecule has 21 heavy (non-hydrogen) atoms. The molecular formula is C16H23N3O2. The van der Waals surface area contributed by atoms with E-state index in [0.717, 1.165) is 42.1 Å². The van der Waals surface area contributed by atoms with E-state index in [-0.39, 0.29) is 0 Å². The number of aromatic nitrogens is 2. The summed E-state index contributed by atoms with van der Waals surface area (Å²) in [5.74, 6) is 1.56. The summed E-state index contributed by atoms with van der Waals surface area (Å²) in [6.45, 7) is 4.39. The van der Waals surface area contributed by atoms with Crippen LogP contribution in [0.5, 0.6) is 11.5 Å². The molecule has 0 atom stereocenters. The molecule has 0 saturated heterocycles. The molecule has 2 rings (SSSR count). The first-order valence-electron chi connectivity index (χ1n) is 7.21. The summed E-state index contributed by atoms with van der Waals surface area (Å²) in [4.78, 5) is 0. The van der Waals surface area contributed by atoms with Gasteiger partial charge in [0, 0.05) is 30.9 Å². The van der Waals surface area contributed by atoms with Crippen LogP contribution < -0.4 is 14.8 Å². The van der Waals surface area contributed by atoms with Gasteiger partial charge in [0.2, 0.25) is 0 Å². The maximum atomic E-state index is 5.97. The van der Waals surface area contributed by atoms with Crippen molar-refractivity contribution in [3.63, 3.8) is 0 Å². The Balaban J connectivity index is 2.10. The molecule has 1 N–H and O–H groups in total. The summed E-state index contributed by atoms with van der Waals surface area (Å²) in [6.07, 6.45) is 4.87.